The molecule has 1 nitrogen and oxygen atoms in total. The maximum atomic E-state index is 3.83. The zero-order valence-corrected chi connectivity index (χ0v) is 14.8. The monoisotopic (exact) mass is 289 g/mol. The Morgan fingerprint density at radius 1 is 1.00 bits per heavy atom. The van der Waals surface area contributed by atoms with Crippen molar-refractivity contribution in [2.24, 2.45) is 5.92 Å². The van der Waals surface area contributed by atoms with E-state index in [0.29, 0.717) is 6.04 Å². The maximum absolute atomic E-state index is 3.83. The number of aryl methyl sites for hydroxylation is 2. The molecule has 0 saturated carbocycles. The average molecular weight is 290 g/mol. The Morgan fingerprint density at radius 3 is 2.19 bits per heavy atom. The fourth-order valence-electron chi connectivity index (χ4n) is 3.28. The van der Waals surface area contributed by atoms with Gasteiger partial charge in [-0.15, -0.1) is 0 Å². The third-order valence-corrected chi connectivity index (χ3v) is 4.75. The molecule has 0 aliphatic rings. The number of rotatable bonds is 10. The predicted molar refractivity (Wildman–Crippen MR) is 95.0 cm³/mol. The molecule has 1 N–H and O–H groups in total. The van der Waals surface area contributed by atoms with Crippen LogP contribution in [0.4, 0.5) is 0 Å². The zero-order valence-electron chi connectivity index (χ0n) is 14.8. The fourth-order valence-corrected chi connectivity index (χ4v) is 3.28. The molecule has 0 radical (unpaired) electrons. The Bertz CT molecular complexity index is 377. The van der Waals surface area contributed by atoms with Crippen molar-refractivity contribution in [3.05, 3.63) is 34.9 Å². The van der Waals surface area contributed by atoms with E-state index in [2.05, 4.69) is 58.1 Å². The molecule has 2 atom stereocenters. The molecule has 0 heterocycles. The topological polar surface area (TPSA) is 12.0 Å². The molecule has 1 heteroatoms. The summed E-state index contributed by atoms with van der Waals surface area (Å²) in [6.45, 7) is 12.6. The minimum atomic E-state index is 0.626. The van der Waals surface area contributed by atoms with Crippen molar-refractivity contribution >= 4 is 0 Å². The normalized spacial score (nSPS) is 14.1. The van der Waals surface area contributed by atoms with Crippen molar-refractivity contribution in [3.8, 4) is 0 Å². The van der Waals surface area contributed by atoms with Gasteiger partial charge in [0.05, 0.1) is 0 Å². The van der Waals surface area contributed by atoms with Crippen molar-refractivity contribution in [2.45, 2.75) is 79.2 Å². The molecular weight excluding hydrogens is 254 g/mol. The second-order valence-corrected chi connectivity index (χ2v) is 6.45. The smallest absolute Gasteiger partial charge is 0.0136 e. The van der Waals surface area contributed by atoms with E-state index in [9.17, 15) is 0 Å². The van der Waals surface area contributed by atoms with E-state index < -0.39 is 0 Å². The van der Waals surface area contributed by atoms with E-state index in [0.717, 1.165) is 12.5 Å². The lowest BCUT2D eigenvalue weighted by atomic mass is 9.85. The molecule has 1 rings (SSSR count). The number of unbranched alkanes of at least 4 members (excludes halogenated alkanes) is 1. The first-order valence-corrected chi connectivity index (χ1v) is 8.92. The van der Waals surface area contributed by atoms with Gasteiger partial charge < -0.3 is 5.32 Å². The number of hydrogen-bond acceptors (Lipinski definition) is 1. The van der Waals surface area contributed by atoms with Crippen LogP contribution in [0.5, 0.6) is 0 Å². The summed E-state index contributed by atoms with van der Waals surface area (Å²) in [6, 6.07) is 7.32. The van der Waals surface area contributed by atoms with Gasteiger partial charge >= 0.3 is 0 Å². The minimum Gasteiger partial charge on any atom is -0.313 e. The van der Waals surface area contributed by atoms with Gasteiger partial charge in [-0.3, -0.25) is 0 Å². The van der Waals surface area contributed by atoms with Crippen LogP contribution in [0.2, 0.25) is 0 Å². The fraction of sp³-hybridized carbons (Fsp3) is 0.700. The molecule has 120 valence electrons. The first-order chi connectivity index (χ1) is 10.1. The van der Waals surface area contributed by atoms with Gasteiger partial charge in [-0.05, 0) is 62.3 Å². The molecule has 0 saturated heterocycles. The highest BCUT2D eigenvalue weighted by molar-refractivity contribution is 5.34. The third-order valence-electron chi connectivity index (χ3n) is 4.75. The van der Waals surface area contributed by atoms with Crippen LogP contribution in [0, 0.1) is 19.8 Å². The first kappa shape index (κ1) is 18.2. The lowest BCUT2D eigenvalue weighted by Crippen LogP contribution is -2.38. The molecule has 1 aromatic rings. The lowest BCUT2D eigenvalue weighted by Gasteiger charge is -2.29. The van der Waals surface area contributed by atoms with E-state index in [1.165, 1.54) is 49.7 Å². The van der Waals surface area contributed by atoms with Crippen LogP contribution < -0.4 is 5.32 Å². The second-order valence-electron chi connectivity index (χ2n) is 6.45. The summed E-state index contributed by atoms with van der Waals surface area (Å²) >= 11 is 0. The van der Waals surface area contributed by atoms with Gasteiger partial charge in [0.25, 0.3) is 0 Å². The van der Waals surface area contributed by atoms with Crippen LogP contribution in [-0.4, -0.2) is 12.6 Å². The molecular formula is C20H35N. The first-order valence-electron chi connectivity index (χ1n) is 8.92. The summed E-state index contributed by atoms with van der Waals surface area (Å²) in [5.74, 6) is 0.801. The maximum Gasteiger partial charge on any atom is 0.0136 e. The van der Waals surface area contributed by atoms with Gasteiger partial charge in [-0.1, -0.05) is 58.2 Å². The summed E-state index contributed by atoms with van der Waals surface area (Å²) in [6.07, 6.45) is 7.70. The Balaban J connectivity index is 2.85. The molecule has 0 aromatic heterocycles. The van der Waals surface area contributed by atoms with Gasteiger partial charge in [0, 0.05) is 6.04 Å². The summed E-state index contributed by atoms with van der Waals surface area (Å²) < 4.78 is 0. The third kappa shape index (κ3) is 5.82. The molecule has 0 aliphatic carbocycles. The Kier molecular flexibility index (Phi) is 8.68. The lowest BCUT2D eigenvalue weighted by molar-refractivity contribution is 0.315. The summed E-state index contributed by atoms with van der Waals surface area (Å²) in [4.78, 5) is 0. The average Bonchev–Trinajstić information content (AvgIpc) is 2.48. The van der Waals surface area contributed by atoms with Gasteiger partial charge in [-0.2, -0.15) is 0 Å². The molecule has 0 amide bonds. The summed E-state index contributed by atoms with van der Waals surface area (Å²) in [5.41, 5.74) is 4.45. The van der Waals surface area contributed by atoms with Gasteiger partial charge in [0.15, 0.2) is 0 Å². The molecule has 0 fully saturated rings. The number of hydrogen-bond donors (Lipinski definition) is 1. The minimum absolute atomic E-state index is 0.626. The van der Waals surface area contributed by atoms with E-state index in [-0.39, 0.29) is 0 Å². The highest BCUT2D eigenvalue weighted by Gasteiger charge is 2.20. The second kappa shape index (κ2) is 10.00. The van der Waals surface area contributed by atoms with Crippen molar-refractivity contribution in [1.82, 2.24) is 5.32 Å². The van der Waals surface area contributed by atoms with Crippen molar-refractivity contribution in [2.75, 3.05) is 6.54 Å². The van der Waals surface area contributed by atoms with Crippen molar-refractivity contribution in [1.29, 1.82) is 0 Å². The van der Waals surface area contributed by atoms with Crippen LogP contribution >= 0.6 is 0 Å². The molecule has 2 unspecified atom stereocenters. The Labute approximate surface area is 132 Å². The number of benzene rings is 1. The SMILES string of the molecule is CCCCC(CC)C(Cc1c(C)cccc1C)NCCC. The number of nitrogens with one attached hydrogen (secondary N) is 1. The van der Waals surface area contributed by atoms with Crippen LogP contribution in [0.1, 0.15) is 69.6 Å². The van der Waals surface area contributed by atoms with Crippen LogP contribution in [0.25, 0.3) is 0 Å². The van der Waals surface area contributed by atoms with Crippen LogP contribution in [0.15, 0.2) is 18.2 Å². The Hall–Kier alpha value is -0.820. The van der Waals surface area contributed by atoms with E-state index >= 15 is 0 Å². The standard InChI is InChI=1S/C20H35N/c1-6-9-13-18(8-3)20(21-14-7-2)15-19-16(4)11-10-12-17(19)5/h10-12,18,20-21H,6-9,13-15H2,1-5H3. The molecule has 0 spiro atoms. The van der Waals surface area contributed by atoms with Crippen LogP contribution in [-0.2, 0) is 6.42 Å². The molecule has 0 bridgehead atoms. The molecule has 21 heavy (non-hydrogen) atoms. The van der Waals surface area contributed by atoms with Crippen LogP contribution in [0.3, 0.4) is 0 Å². The van der Waals surface area contributed by atoms with Crippen molar-refractivity contribution in [3.63, 3.8) is 0 Å². The van der Waals surface area contributed by atoms with Gasteiger partial charge in [0.1, 0.15) is 0 Å². The molecule has 0 aliphatic heterocycles. The largest absolute Gasteiger partial charge is 0.313 e. The van der Waals surface area contributed by atoms with E-state index in [4.69, 9.17) is 0 Å². The Morgan fingerprint density at radius 2 is 1.67 bits per heavy atom. The van der Waals surface area contributed by atoms with Gasteiger partial charge in [-0.25, -0.2) is 0 Å². The van der Waals surface area contributed by atoms with E-state index in [1.807, 2.05) is 0 Å². The quantitative estimate of drug-likeness (QED) is 0.605. The summed E-state index contributed by atoms with van der Waals surface area (Å²) in [5, 5.41) is 3.83. The summed E-state index contributed by atoms with van der Waals surface area (Å²) in [7, 11) is 0. The molecule has 1 aromatic carbocycles. The van der Waals surface area contributed by atoms with Crippen molar-refractivity contribution < 1.29 is 0 Å². The van der Waals surface area contributed by atoms with Gasteiger partial charge in [0.2, 0.25) is 0 Å². The predicted octanol–water partition coefficient (Wildman–Crippen LogP) is 5.43. The highest BCUT2D eigenvalue weighted by Crippen LogP contribution is 2.23. The van der Waals surface area contributed by atoms with E-state index in [1.54, 1.807) is 5.56 Å². The highest BCUT2D eigenvalue weighted by atomic mass is 14.9. The zero-order chi connectivity index (χ0) is 15.7.